The number of hydrogen-bond donors (Lipinski definition) is 3. The van der Waals surface area contributed by atoms with Crippen molar-refractivity contribution in [3.05, 3.63) is 11.8 Å². The number of amides is 1. The van der Waals surface area contributed by atoms with E-state index in [0.717, 1.165) is 52.1 Å². The third-order valence-corrected chi connectivity index (χ3v) is 4.08. The average molecular weight is 291 g/mol. The quantitative estimate of drug-likeness (QED) is 0.363. The number of rotatable bonds is 6. The van der Waals surface area contributed by atoms with Crippen molar-refractivity contribution in [3.63, 3.8) is 0 Å². The summed E-state index contributed by atoms with van der Waals surface area (Å²) in [5, 5.41) is 18.4. The molecule has 1 aliphatic carbocycles. The molecule has 0 aromatic rings. The Labute approximate surface area is 126 Å². The fourth-order valence-electron chi connectivity index (χ4n) is 2.81. The van der Waals surface area contributed by atoms with E-state index in [4.69, 9.17) is 5.26 Å². The zero-order valence-corrected chi connectivity index (χ0v) is 12.5. The third-order valence-electron chi connectivity index (χ3n) is 4.08. The van der Waals surface area contributed by atoms with Gasteiger partial charge in [0.2, 0.25) is 0 Å². The average Bonchev–Trinajstić information content (AvgIpc) is 3.01. The highest BCUT2D eigenvalue weighted by molar-refractivity contribution is 5.97. The summed E-state index contributed by atoms with van der Waals surface area (Å²) in [4.78, 5) is 14.3. The summed E-state index contributed by atoms with van der Waals surface area (Å²) in [6.45, 7) is 5.85. The monoisotopic (exact) mass is 291 g/mol. The highest BCUT2D eigenvalue weighted by Gasteiger charge is 2.19. The lowest BCUT2D eigenvalue weighted by Crippen LogP contribution is -2.45. The summed E-state index contributed by atoms with van der Waals surface area (Å²) in [7, 11) is 0. The van der Waals surface area contributed by atoms with Crippen LogP contribution >= 0.6 is 0 Å². The van der Waals surface area contributed by atoms with Gasteiger partial charge in [0.05, 0.1) is 0 Å². The van der Waals surface area contributed by atoms with Gasteiger partial charge in [-0.3, -0.25) is 9.69 Å². The van der Waals surface area contributed by atoms with Gasteiger partial charge in [0.1, 0.15) is 11.6 Å². The van der Waals surface area contributed by atoms with Crippen molar-refractivity contribution in [1.82, 2.24) is 20.9 Å². The van der Waals surface area contributed by atoms with E-state index in [2.05, 4.69) is 20.9 Å². The molecule has 2 rings (SSSR count). The van der Waals surface area contributed by atoms with Crippen LogP contribution in [0.3, 0.4) is 0 Å². The number of nitrogens with one attached hydrogen (secondary N) is 3. The molecular formula is C15H25N5O. The van der Waals surface area contributed by atoms with Gasteiger partial charge in [-0.05, 0) is 12.8 Å². The van der Waals surface area contributed by atoms with Crippen LogP contribution in [0, 0.1) is 11.3 Å². The molecule has 0 radical (unpaired) electrons. The van der Waals surface area contributed by atoms with Crippen molar-refractivity contribution in [2.75, 3.05) is 39.3 Å². The van der Waals surface area contributed by atoms with Gasteiger partial charge in [-0.25, -0.2) is 0 Å². The summed E-state index contributed by atoms with van der Waals surface area (Å²) in [5.41, 5.74) is 0.169. The van der Waals surface area contributed by atoms with Crippen molar-refractivity contribution in [2.45, 2.75) is 31.7 Å². The largest absolute Gasteiger partial charge is 0.388 e. The standard InChI is InChI=1S/C15H25N5O/c16-11-13(15(21)19-14-3-1-2-4-14)12-18-7-10-20-8-5-17-6-9-20/h12,14,17-18H,1-10H2,(H,19,21)/b13-12-. The SMILES string of the molecule is N#C/C(=C/NCCN1CCNCC1)C(=O)NC1CCCC1. The second-order valence-electron chi connectivity index (χ2n) is 5.67. The Morgan fingerprint density at radius 3 is 2.71 bits per heavy atom. The van der Waals surface area contributed by atoms with Crippen LogP contribution in [0.2, 0.25) is 0 Å². The van der Waals surface area contributed by atoms with Crippen LogP contribution in [0.5, 0.6) is 0 Å². The molecule has 1 amide bonds. The maximum atomic E-state index is 12.0. The second-order valence-corrected chi connectivity index (χ2v) is 5.67. The van der Waals surface area contributed by atoms with Crippen LogP contribution in [0.4, 0.5) is 0 Å². The third kappa shape index (κ3) is 5.37. The van der Waals surface area contributed by atoms with Gasteiger partial charge in [-0.1, -0.05) is 12.8 Å². The first-order valence-electron chi connectivity index (χ1n) is 7.87. The molecule has 0 spiro atoms. The predicted octanol–water partition coefficient (Wildman–Crippen LogP) is -0.0525. The van der Waals surface area contributed by atoms with Gasteiger partial charge < -0.3 is 16.0 Å². The summed E-state index contributed by atoms with van der Waals surface area (Å²) in [6, 6.07) is 2.22. The van der Waals surface area contributed by atoms with Crippen molar-refractivity contribution in [3.8, 4) is 6.07 Å². The minimum Gasteiger partial charge on any atom is -0.388 e. The minimum atomic E-state index is -0.251. The normalized spacial score (nSPS) is 21.0. The number of carbonyl (C=O) groups is 1. The van der Waals surface area contributed by atoms with Gasteiger partial charge in [-0.2, -0.15) is 5.26 Å². The van der Waals surface area contributed by atoms with Crippen molar-refractivity contribution in [1.29, 1.82) is 5.26 Å². The van der Waals surface area contributed by atoms with E-state index in [0.29, 0.717) is 0 Å². The summed E-state index contributed by atoms with van der Waals surface area (Å²) in [6.07, 6.45) is 5.94. The van der Waals surface area contributed by atoms with Crippen LogP contribution in [0.25, 0.3) is 0 Å². The first kappa shape index (κ1) is 15.8. The predicted molar refractivity (Wildman–Crippen MR) is 81.4 cm³/mol. The fourth-order valence-corrected chi connectivity index (χ4v) is 2.81. The van der Waals surface area contributed by atoms with Crippen LogP contribution in [0.1, 0.15) is 25.7 Å². The molecule has 116 valence electrons. The van der Waals surface area contributed by atoms with Crippen molar-refractivity contribution >= 4 is 5.91 Å². The topological polar surface area (TPSA) is 80.2 Å². The zero-order chi connectivity index (χ0) is 14.9. The van der Waals surface area contributed by atoms with Crippen LogP contribution in [0.15, 0.2) is 11.8 Å². The van der Waals surface area contributed by atoms with Gasteiger partial charge in [-0.15, -0.1) is 0 Å². The fraction of sp³-hybridized carbons (Fsp3) is 0.733. The Morgan fingerprint density at radius 2 is 2.05 bits per heavy atom. The molecule has 6 nitrogen and oxygen atoms in total. The van der Waals surface area contributed by atoms with E-state index in [9.17, 15) is 4.79 Å². The van der Waals surface area contributed by atoms with Crippen molar-refractivity contribution in [2.24, 2.45) is 0 Å². The first-order chi connectivity index (χ1) is 10.3. The smallest absolute Gasteiger partial charge is 0.263 e. The Hall–Kier alpha value is -1.58. The molecular weight excluding hydrogens is 266 g/mol. The number of nitriles is 1. The van der Waals surface area contributed by atoms with Crippen molar-refractivity contribution < 1.29 is 4.79 Å². The highest BCUT2D eigenvalue weighted by Crippen LogP contribution is 2.17. The lowest BCUT2D eigenvalue weighted by Gasteiger charge is -2.26. The number of hydrogen-bond acceptors (Lipinski definition) is 5. The second kappa shape index (κ2) is 8.65. The van der Waals surface area contributed by atoms with E-state index in [1.54, 1.807) is 6.20 Å². The number of carbonyl (C=O) groups excluding carboxylic acids is 1. The van der Waals surface area contributed by atoms with E-state index >= 15 is 0 Å². The Balaban J connectivity index is 1.69. The van der Waals surface area contributed by atoms with E-state index in [1.807, 2.05) is 6.07 Å². The maximum absolute atomic E-state index is 12.0. The zero-order valence-electron chi connectivity index (χ0n) is 12.5. The van der Waals surface area contributed by atoms with E-state index in [1.165, 1.54) is 12.8 Å². The molecule has 6 heteroatoms. The lowest BCUT2D eigenvalue weighted by atomic mass is 10.2. The van der Waals surface area contributed by atoms with Crippen LogP contribution in [-0.2, 0) is 4.79 Å². The van der Waals surface area contributed by atoms with Gasteiger partial charge >= 0.3 is 0 Å². The van der Waals surface area contributed by atoms with E-state index < -0.39 is 0 Å². The Bertz CT molecular complexity index is 403. The van der Waals surface area contributed by atoms with Crippen LogP contribution < -0.4 is 16.0 Å². The molecule has 21 heavy (non-hydrogen) atoms. The van der Waals surface area contributed by atoms with Gasteiger partial charge in [0, 0.05) is 51.5 Å². The molecule has 1 aliphatic heterocycles. The molecule has 2 aliphatic rings. The lowest BCUT2D eigenvalue weighted by molar-refractivity contribution is -0.117. The molecule has 0 bridgehead atoms. The Kier molecular flexibility index (Phi) is 6.51. The minimum absolute atomic E-state index is 0.169. The molecule has 1 saturated heterocycles. The maximum Gasteiger partial charge on any atom is 0.263 e. The molecule has 3 N–H and O–H groups in total. The number of nitrogens with zero attached hydrogens (tertiary/aromatic N) is 2. The summed E-state index contributed by atoms with van der Waals surface area (Å²) in [5.74, 6) is -0.251. The van der Waals surface area contributed by atoms with E-state index in [-0.39, 0.29) is 17.5 Å². The molecule has 1 heterocycles. The first-order valence-corrected chi connectivity index (χ1v) is 7.87. The molecule has 2 fully saturated rings. The molecule has 1 saturated carbocycles. The van der Waals surface area contributed by atoms with Crippen LogP contribution in [-0.4, -0.2) is 56.1 Å². The summed E-state index contributed by atoms with van der Waals surface area (Å²) >= 11 is 0. The van der Waals surface area contributed by atoms with Gasteiger partial charge in [0.25, 0.3) is 5.91 Å². The molecule has 0 unspecified atom stereocenters. The number of piperazine rings is 1. The molecule has 0 aromatic heterocycles. The van der Waals surface area contributed by atoms with Gasteiger partial charge in [0.15, 0.2) is 0 Å². The molecule has 0 aromatic carbocycles. The summed E-state index contributed by atoms with van der Waals surface area (Å²) < 4.78 is 0. The Morgan fingerprint density at radius 1 is 1.33 bits per heavy atom. The highest BCUT2D eigenvalue weighted by atomic mass is 16.1. The molecule has 0 atom stereocenters.